The molecular formula is C17H13BrClNO3S. The number of fused-ring (bicyclic) bond motifs is 1. The van der Waals surface area contributed by atoms with Gasteiger partial charge in [-0.2, -0.15) is 0 Å². The number of methoxy groups -OCH3 is 1. The number of benzene rings is 3. The van der Waals surface area contributed by atoms with Gasteiger partial charge in [-0.3, -0.25) is 4.72 Å². The highest BCUT2D eigenvalue weighted by molar-refractivity contribution is 9.10. The predicted octanol–water partition coefficient (Wildman–Crippen LogP) is 5.07. The first-order valence-electron chi connectivity index (χ1n) is 6.95. The smallest absolute Gasteiger partial charge is 0.261 e. The fraction of sp³-hybridized carbons (Fsp3) is 0.0588. The number of rotatable bonds is 4. The maximum absolute atomic E-state index is 12.6. The van der Waals surface area contributed by atoms with E-state index in [9.17, 15) is 8.42 Å². The van der Waals surface area contributed by atoms with Crippen molar-refractivity contribution >= 4 is 54.0 Å². The van der Waals surface area contributed by atoms with Gasteiger partial charge in [-0.05, 0) is 69.2 Å². The van der Waals surface area contributed by atoms with E-state index in [4.69, 9.17) is 16.3 Å². The molecule has 4 nitrogen and oxygen atoms in total. The minimum atomic E-state index is -3.71. The van der Waals surface area contributed by atoms with Crippen molar-refractivity contribution in [2.24, 2.45) is 0 Å². The highest BCUT2D eigenvalue weighted by Gasteiger charge is 2.15. The monoisotopic (exact) mass is 425 g/mol. The Morgan fingerprint density at radius 2 is 1.71 bits per heavy atom. The summed E-state index contributed by atoms with van der Waals surface area (Å²) < 4.78 is 33.6. The number of sulfonamides is 1. The summed E-state index contributed by atoms with van der Waals surface area (Å²) in [5.41, 5.74) is 0.401. The largest absolute Gasteiger partial charge is 0.497 e. The molecule has 0 unspecified atom stereocenters. The summed E-state index contributed by atoms with van der Waals surface area (Å²) in [4.78, 5) is 0.180. The number of anilines is 1. The molecule has 0 aliphatic carbocycles. The average Bonchev–Trinajstić information content (AvgIpc) is 2.57. The van der Waals surface area contributed by atoms with Crippen molar-refractivity contribution in [3.63, 3.8) is 0 Å². The molecule has 0 heterocycles. The summed E-state index contributed by atoms with van der Waals surface area (Å²) >= 11 is 9.28. The van der Waals surface area contributed by atoms with Gasteiger partial charge in [0.1, 0.15) is 5.75 Å². The van der Waals surface area contributed by atoms with E-state index in [1.54, 1.807) is 49.6 Å². The minimum Gasteiger partial charge on any atom is -0.497 e. The van der Waals surface area contributed by atoms with Crippen molar-refractivity contribution < 1.29 is 13.2 Å². The standard InChI is InChI=1S/C17H13BrClNO3S/c1-23-14-5-2-12-9-15(6-3-11(12)8-14)24(21,22)20-13-4-7-16(18)17(19)10-13/h2-10,20H,1H3. The second-order valence-electron chi connectivity index (χ2n) is 5.11. The summed E-state index contributed by atoms with van der Waals surface area (Å²) in [6, 6.07) is 15.3. The third-order valence-corrected chi connectivity index (χ3v) is 6.11. The van der Waals surface area contributed by atoms with Crippen LogP contribution in [0.5, 0.6) is 5.75 Å². The molecule has 0 aromatic heterocycles. The van der Waals surface area contributed by atoms with E-state index in [1.807, 2.05) is 12.1 Å². The van der Waals surface area contributed by atoms with E-state index >= 15 is 0 Å². The van der Waals surface area contributed by atoms with Crippen molar-refractivity contribution in [1.82, 2.24) is 0 Å². The summed E-state index contributed by atoms with van der Waals surface area (Å²) in [7, 11) is -2.11. The van der Waals surface area contributed by atoms with E-state index < -0.39 is 10.0 Å². The first kappa shape index (κ1) is 17.1. The van der Waals surface area contributed by atoms with Gasteiger partial charge in [0.25, 0.3) is 10.0 Å². The fourth-order valence-electron chi connectivity index (χ4n) is 2.27. The first-order chi connectivity index (χ1) is 11.4. The molecule has 0 saturated heterocycles. The van der Waals surface area contributed by atoms with Crippen LogP contribution in [0.15, 0.2) is 64.0 Å². The zero-order valence-corrected chi connectivity index (χ0v) is 15.7. The average molecular weight is 427 g/mol. The van der Waals surface area contributed by atoms with E-state index in [-0.39, 0.29) is 4.90 Å². The molecule has 3 rings (SSSR count). The molecule has 0 aliphatic heterocycles. The molecule has 0 aliphatic rings. The number of hydrogen-bond acceptors (Lipinski definition) is 3. The van der Waals surface area contributed by atoms with Gasteiger partial charge in [0, 0.05) is 4.47 Å². The zero-order chi connectivity index (χ0) is 17.3. The first-order valence-corrected chi connectivity index (χ1v) is 9.60. The zero-order valence-electron chi connectivity index (χ0n) is 12.6. The minimum absolute atomic E-state index is 0.180. The Morgan fingerprint density at radius 1 is 1.00 bits per heavy atom. The molecule has 24 heavy (non-hydrogen) atoms. The third kappa shape index (κ3) is 3.50. The number of halogens is 2. The summed E-state index contributed by atoms with van der Waals surface area (Å²) in [5, 5.41) is 2.15. The lowest BCUT2D eigenvalue weighted by atomic mass is 10.1. The van der Waals surface area contributed by atoms with Crippen LogP contribution in [0.4, 0.5) is 5.69 Å². The number of nitrogens with one attached hydrogen (secondary N) is 1. The van der Waals surface area contributed by atoms with Crippen molar-refractivity contribution in [2.75, 3.05) is 11.8 Å². The van der Waals surface area contributed by atoms with E-state index in [2.05, 4.69) is 20.7 Å². The number of hydrogen-bond donors (Lipinski definition) is 1. The molecule has 0 amide bonds. The van der Waals surface area contributed by atoms with E-state index in [1.165, 1.54) is 0 Å². The molecule has 1 N–H and O–H groups in total. The van der Waals surface area contributed by atoms with Gasteiger partial charge in [-0.1, -0.05) is 23.7 Å². The van der Waals surface area contributed by atoms with Crippen molar-refractivity contribution in [3.05, 3.63) is 64.1 Å². The Bertz CT molecular complexity index is 1020. The molecule has 0 fully saturated rings. The van der Waals surface area contributed by atoms with Crippen LogP contribution in [0.2, 0.25) is 5.02 Å². The van der Waals surface area contributed by atoms with Crippen LogP contribution in [0, 0.1) is 0 Å². The second kappa shape index (κ2) is 6.63. The Kier molecular flexibility index (Phi) is 4.71. The third-order valence-electron chi connectivity index (χ3n) is 3.50. The van der Waals surface area contributed by atoms with Gasteiger partial charge in [0.2, 0.25) is 0 Å². The molecule has 3 aromatic rings. The Labute approximate surface area is 153 Å². The fourth-order valence-corrected chi connectivity index (χ4v) is 3.78. The Morgan fingerprint density at radius 3 is 2.42 bits per heavy atom. The summed E-state index contributed by atoms with van der Waals surface area (Å²) in [5.74, 6) is 0.723. The van der Waals surface area contributed by atoms with Crippen LogP contribution in [0.25, 0.3) is 10.8 Å². The molecule has 0 saturated carbocycles. The van der Waals surface area contributed by atoms with E-state index in [0.29, 0.717) is 15.2 Å². The van der Waals surface area contributed by atoms with Gasteiger partial charge >= 0.3 is 0 Å². The number of ether oxygens (including phenoxy) is 1. The highest BCUT2D eigenvalue weighted by atomic mass is 79.9. The van der Waals surface area contributed by atoms with Crippen LogP contribution in [0.3, 0.4) is 0 Å². The maximum atomic E-state index is 12.6. The van der Waals surface area contributed by atoms with Gasteiger partial charge in [-0.15, -0.1) is 0 Å². The van der Waals surface area contributed by atoms with Gasteiger partial charge in [0.05, 0.1) is 22.7 Å². The molecule has 0 spiro atoms. The molecule has 7 heteroatoms. The molecule has 0 bridgehead atoms. The van der Waals surface area contributed by atoms with Gasteiger partial charge < -0.3 is 4.74 Å². The lowest BCUT2D eigenvalue weighted by molar-refractivity contribution is 0.415. The lowest BCUT2D eigenvalue weighted by Gasteiger charge is -2.10. The topological polar surface area (TPSA) is 55.4 Å². The van der Waals surface area contributed by atoms with Gasteiger partial charge in [0.15, 0.2) is 0 Å². The van der Waals surface area contributed by atoms with Gasteiger partial charge in [-0.25, -0.2) is 8.42 Å². The predicted molar refractivity (Wildman–Crippen MR) is 100 cm³/mol. The Balaban J connectivity index is 1.96. The quantitative estimate of drug-likeness (QED) is 0.634. The molecule has 124 valence electrons. The molecule has 0 atom stereocenters. The van der Waals surface area contributed by atoms with Crippen LogP contribution < -0.4 is 9.46 Å². The van der Waals surface area contributed by atoms with Crippen molar-refractivity contribution in [2.45, 2.75) is 4.90 Å². The SMILES string of the molecule is COc1ccc2cc(S(=O)(=O)Nc3ccc(Br)c(Cl)c3)ccc2c1. The van der Waals surface area contributed by atoms with Crippen molar-refractivity contribution in [3.8, 4) is 5.75 Å². The highest BCUT2D eigenvalue weighted by Crippen LogP contribution is 2.28. The van der Waals surface area contributed by atoms with Crippen LogP contribution >= 0.6 is 27.5 Å². The maximum Gasteiger partial charge on any atom is 0.261 e. The van der Waals surface area contributed by atoms with E-state index in [0.717, 1.165) is 16.5 Å². The summed E-state index contributed by atoms with van der Waals surface area (Å²) in [6.45, 7) is 0. The Hall–Kier alpha value is -1.76. The normalized spacial score (nSPS) is 11.5. The van der Waals surface area contributed by atoms with Crippen LogP contribution in [-0.4, -0.2) is 15.5 Å². The lowest BCUT2D eigenvalue weighted by Crippen LogP contribution is -2.12. The molecule has 0 radical (unpaired) electrons. The van der Waals surface area contributed by atoms with Crippen LogP contribution in [-0.2, 0) is 10.0 Å². The van der Waals surface area contributed by atoms with Crippen molar-refractivity contribution in [1.29, 1.82) is 0 Å². The summed E-state index contributed by atoms with van der Waals surface area (Å²) in [6.07, 6.45) is 0. The second-order valence-corrected chi connectivity index (χ2v) is 8.05. The van der Waals surface area contributed by atoms with Crippen LogP contribution in [0.1, 0.15) is 0 Å². The molecule has 3 aromatic carbocycles. The molecular weight excluding hydrogens is 414 g/mol.